The number of fused-ring (bicyclic) bond motifs is 1. The van der Waals surface area contributed by atoms with Crippen LogP contribution in [0.5, 0.6) is 0 Å². The Labute approximate surface area is 99.0 Å². The van der Waals surface area contributed by atoms with Crippen molar-refractivity contribution >= 4 is 0 Å². The molecule has 0 aromatic heterocycles. The molecule has 0 saturated heterocycles. The monoisotopic (exact) mass is 243 g/mol. The second-order valence-corrected chi connectivity index (χ2v) is 4.46. The van der Waals surface area contributed by atoms with Crippen molar-refractivity contribution in [3.05, 3.63) is 34.9 Å². The topological polar surface area (TPSA) is 12.0 Å². The van der Waals surface area contributed by atoms with Gasteiger partial charge in [0.1, 0.15) is 6.04 Å². The molecule has 94 valence electrons. The van der Waals surface area contributed by atoms with E-state index in [9.17, 15) is 13.2 Å². The van der Waals surface area contributed by atoms with Crippen LogP contribution in [0.2, 0.25) is 0 Å². The molecule has 1 N–H and O–H groups in total. The molecule has 1 unspecified atom stereocenters. The standard InChI is InChI=1S/C13H16F3N/c1-2-3-9-4-5-10-6-7-17-12(11(10)8-9)13(14,15)16/h4-5,8,12,17H,2-3,6-7H2,1H3. The van der Waals surface area contributed by atoms with Crippen LogP contribution in [0.3, 0.4) is 0 Å². The third-order valence-electron chi connectivity index (χ3n) is 3.13. The van der Waals surface area contributed by atoms with Gasteiger partial charge in [-0.15, -0.1) is 0 Å². The first-order chi connectivity index (χ1) is 8.02. The van der Waals surface area contributed by atoms with Gasteiger partial charge in [-0.05, 0) is 29.5 Å². The van der Waals surface area contributed by atoms with Crippen LogP contribution in [0, 0.1) is 0 Å². The zero-order valence-electron chi connectivity index (χ0n) is 9.77. The summed E-state index contributed by atoms with van der Waals surface area (Å²) in [4.78, 5) is 0. The summed E-state index contributed by atoms with van der Waals surface area (Å²) in [5.74, 6) is 0. The molecule has 2 rings (SSSR count). The average molecular weight is 243 g/mol. The Morgan fingerprint density at radius 1 is 1.35 bits per heavy atom. The van der Waals surface area contributed by atoms with Crippen LogP contribution in [-0.2, 0) is 12.8 Å². The molecular formula is C13H16F3N. The molecule has 1 aromatic carbocycles. The van der Waals surface area contributed by atoms with Crippen molar-refractivity contribution in [3.8, 4) is 0 Å². The van der Waals surface area contributed by atoms with Crippen LogP contribution in [-0.4, -0.2) is 12.7 Å². The van der Waals surface area contributed by atoms with E-state index in [0.717, 1.165) is 24.0 Å². The second-order valence-electron chi connectivity index (χ2n) is 4.46. The number of nitrogens with one attached hydrogen (secondary N) is 1. The molecule has 0 radical (unpaired) electrons. The van der Waals surface area contributed by atoms with E-state index in [1.807, 2.05) is 19.1 Å². The van der Waals surface area contributed by atoms with Crippen LogP contribution in [0.25, 0.3) is 0 Å². The molecule has 1 atom stereocenters. The molecule has 1 aromatic rings. The van der Waals surface area contributed by atoms with E-state index >= 15 is 0 Å². The molecule has 0 spiro atoms. The fraction of sp³-hybridized carbons (Fsp3) is 0.538. The molecular weight excluding hydrogens is 227 g/mol. The Bertz CT molecular complexity index is 398. The minimum absolute atomic E-state index is 0.393. The number of benzene rings is 1. The molecule has 1 heterocycles. The van der Waals surface area contributed by atoms with Gasteiger partial charge in [0.05, 0.1) is 0 Å². The van der Waals surface area contributed by atoms with E-state index in [1.54, 1.807) is 6.07 Å². The summed E-state index contributed by atoms with van der Waals surface area (Å²) < 4.78 is 38.6. The van der Waals surface area contributed by atoms with Crippen LogP contribution >= 0.6 is 0 Å². The Kier molecular flexibility index (Phi) is 3.43. The smallest absolute Gasteiger partial charge is 0.302 e. The molecule has 0 bridgehead atoms. The van der Waals surface area contributed by atoms with Crippen LogP contribution < -0.4 is 5.32 Å². The van der Waals surface area contributed by atoms with E-state index in [0.29, 0.717) is 18.5 Å². The van der Waals surface area contributed by atoms with Crippen LogP contribution in [0.4, 0.5) is 13.2 Å². The van der Waals surface area contributed by atoms with Gasteiger partial charge in [-0.1, -0.05) is 31.5 Å². The first-order valence-corrected chi connectivity index (χ1v) is 5.94. The number of hydrogen-bond acceptors (Lipinski definition) is 1. The van der Waals surface area contributed by atoms with Crippen LogP contribution in [0.15, 0.2) is 18.2 Å². The SMILES string of the molecule is CCCc1ccc2c(c1)C(C(F)(F)F)NCC2. The molecule has 0 fully saturated rings. The zero-order chi connectivity index (χ0) is 12.5. The molecule has 1 nitrogen and oxygen atoms in total. The van der Waals surface area contributed by atoms with Gasteiger partial charge >= 0.3 is 6.18 Å². The van der Waals surface area contributed by atoms with Crippen molar-refractivity contribution < 1.29 is 13.2 Å². The van der Waals surface area contributed by atoms with Gasteiger partial charge in [-0.2, -0.15) is 13.2 Å². The maximum Gasteiger partial charge on any atom is 0.407 e. The lowest BCUT2D eigenvalue weighted by molar-refractivity contribution is -0.158. The molecule has 0 aliphatic carbocycles. The first-order valence-electron chi connectivity index (χ1n) is 5.94. The minimum atomic E-state index is -4.21. The lowest BCUT2D eigenvalue weighted by Gasteiger charge is -2.29. The van der Waals surface area contributed by atoms with Crippen molar-refractivity contribution in [2.75, 3.05) is 6.54 Å². The number of alkyl halides is 3. The molecule has 1 aliphatic rings. The summed E-state index contributed by atoms with van der Waals surface area (Å²) in [5, 5.41) is 2.56. The quantitative estimate of drug-likeness (QED) is 0.839. The fourth-order valence-electron chi connectivity index (χ4n) is 2.34. The van der Waals surface area contributed by atoms with E-state index < -0.39 is 12.2 Å². The van der Waals surface area contributed by atoms with E-state index in [-0.39, 0.29) is 0 Å². The Hall–Kier alpha value is -1.03. The van der Waals surface area contributed by atoms with E-state index in [4.69, 9.17) is 0 Å². The lowest BCUT2D eigenvalue weighted by atomic mass is 9.91. The van der Waals surface area contributed by atoms with Gasteiger partial charge < -0.3 is 5.32 Å². The first kappa shape index (κ1) is 12.4. The second kappa shape index (κ2) is 4.69. The van der Waals surface area contributed by atoms with Gasteiger partial charge in [-0.25, -0.2) is 0 Å². The fourth-order valence-corrected chi connectivity index (χ4v) is 2.34. The van der Waals surface area contributed by atoms with Crippen molar-refractivity contribution in [1.82, 2.24) is 5.32 Å². The summed E-state index contributed by atoms with van der Waals surface area (Å²) in [6, 6.07) is 4.01. The third-order valence-corrected chi connectivity index (χ3v) is 3.13. The highest BCUT2D eigenvalue weighted by Crippen LogP contribution is 2.36. The van der Waals surface area contributed by atoms with Gasteiger partial charge in [0.2, 0.25) is 0 Å². The van der Waals surface area contributed by atoms with E-state index in [2.05, 4.69) is 5.32 Å². The van der Waals surface area contributed by atoms with Gasteiger partial charge in [0, 0.05) is 6.54 Å². The summed E-state index contributed by atoms with van der Waals surface area (Å²) in [5.41, 5.74) is 2.23. The van der Waals surface area contributed by atoms with Crippen molar-refractivity contribution in [1.29, 1.82) is 0 Å². The maximum atomic E-state index is 12.9. The van der Waals surface area contributed by atoms with Gasteiger partial charge in [0.25, 0.3) is 0 Å². The highest BCUT2D eigenvalue weighted by molar-refractivity contribution is 5.37. The molecule has 0 saturated carbocycles. The summed E-state index contributed by atoms with van der Waals surface area (Å²) in [7, 11) is 0. The zero-order valence-corrected chi connectivity index (χ0v) is 9.77. The largest absolute Gasteiger partial charge is 0.407 e. The summed E-state index contributed by atoms with van der Waals surface area (Å²) in [6.07, 6.45) is -1.75. The molecule has 4 heteroatoms. The Morgan fingerprint density at radius 2 is 2.12 bits per heavy atom. The maximum absolute atomic E-state index is 12.9. The number of rotatable bonds is 2. The van der Waals surface area contributed by atoms with Gasteiger partial charge in [0.15, 0.2) is 0 Å². The summed E-state index contributed by atoms with van der Waals surface area (Å²) in [6.45, 7) is 2.42. The van der Waals surface area contributed by atoms with Crippen molar-refractivity contribution in [2.24, 2.45) is 0 Å². The highest BCUT2D eigenvalue weighted by Gasteiger charge is 2.42. The predicted octanol–water partition coefficient (Wildman–Crippen LogP) is 3.39. The van der Waals surface area contributed by atoms with Crippen molar-refractivity contribution in [2.45, 2.75) is 38.4 Å². The van der Waals surface area contributed by atoms with Gasteiger partial charge in [-0.3, -0.25) is 0 Å². The Balaban J connectivity index is 2.37. The highest BCUT2D eigenvalue weighted by atomic mass is 19.4. The third kappa shape index (κ3) is 2.63. The number of halogens is 3. The van der Waals surface area contributed by atoms with Crippen molar-refractivity contribution in [3.63, 3.8) is 0 Å². The molecule has 0 amide bonds. The van der Waals surface area contributed by atoms with E-state index in [1.165, 1.54) is 0 Å². The number of aryl methyl sites for hydroxylation is 1. The number of hydrogen-bond donors (Lipinski definition) is 1. The average Bonchev–Trinajstić information content (AvgIpc) is 2.27. The lowest BCUT2D eigenvalue weighted by Crippen LogP contribution is -2.39. The predicted molar refractivity (Wildman–Crippen MR) is 60.9 cm³/mol. The minimum Gasteiger partial charge on any atom is -0.302 e. The summed E-state index contributed by atoms with van der Waals surface area (Å²) >= 11 is 0. The molecule has 1 aliphatic heterocycles. The van der Waals surface area contributed by atoms with Crippen LogP contribution in [0.1, 0.15) is 36.1 Å². The Morgan fingerprint density at radius 3 is 2.76 bits per heavy atom. The molecule has 17 heavy (non-hydrogen) atoms. The normalized spacial score (nSPS) is 20.1.